The van der Waals surface area contributed by atoms with E-state index in [1.807, 2.05) is 0 Å². The van der Waals surface area contributed by atoms with Crippen LogP contribution >= 0.6 is 22.5 Å². The second-order valence-corrected chi connectivity index (χ2v) is 2.99. The molecule has 4 nitrogen and oxygen atoms in total. The summed E-state index contributed by atoms with van der Waals surface area (Å²) in [6.07, 6.45) is 3.06. The van der Waals surface area contributed by atoms with Gasteiger partial charge >= 0.3 is 0 Å². The van der Waals surface area contributed by atoms with E-state index in [0.717, 1.165) is 10.5 Å². The van der Waals surface area contributed by atoms with Gasteiger partial charge in [0.2, 0.25) is 0 Å². The molecule has 2 heterocycles. The van der Waals surface area contributed by atoms with Crippen LogP contribution in [0.2, 0.25) is 0 Å². The van der Waals surface area contributed by atoms with Gasteiger partial charge < -0.3 is 4.98 Å². The van der Waals surface area contributed by atoms with Gasteiger partial charge in [-0.25, -0.2) is 15.0 Å². The first-order valence-corrected chi connectivity index (χ1v) is 4.74. The number of hydrogen-bond acceptors (Lipinski definition) is 5. The van der Waals surface area contributed by atoms with Crippen LogP contribution in [0, 0.1) is 0 Å². The highest BCUT2D eigenvalue weighted by Gasteiger charge is 2.02. The maximum absolute atomic E-state index is 4.04. The Morgan fingerprint density at radius 1 is 1.36 bits per heavy atom. The molecule has 0 amide bonds. The third-order valence-electron chi connectivity index (χ3n) is 1.27. The minimum atomic E-state index is 0.677. The van der Waals surface area contributed by atoms with E-state index in [4.69, 9.17) is 0 Å². The van der Waals surface area contributed by atoms with E-state index < -0.39 is 0 Å². The van der Waals surface area contributed by atoms with Crippen molar-refractivity contribution in [1.82, 2.24) is 19.9 Å². The van der Waals surface area contributed by atoms with Crippen LogP contribution in [0.1, 0.15) is 0 Å². The van der Waals surface area contributed by atoms with Gasteiger partial charge in [0.15, 0.2) is 5.65 Å². The summed E-state index contributed by atoms with van der Waals surface area (Å²) in [4.78, 5) is 14.9. The summed E-state index contributed by atoms with van der Waals surface area (Å²) in [6, 6.07) is 0. The largest absolute Gasteiger partial charge is 0.341 e. The van der Waals surface area contributed by atoms with Crippen LogP contribution in [0.25, 0.3) is 11.2 Å². The maximum atomic E-state index is 4.04. The van der Waals surface area contributed by atoms with Crippen molar-refractivity contribution < 1.29 is 0 Å². The zero-order valence-corrected chi connectivity index (χ0v) is 7.06. The third kappa shape index (κ3) is 1.08. The normalized spacial score (nSPS) is 10.6. The molecule has 0 atom stereocenters. The number of nitrogens with zero attached hydrogens (tertiary/aromatic N) is 3. The van der Waals surface area contributed by atoms with Crippen molar-refractivity contribution in [2.45, 2.75) is 5.03 Å². The van der Waals surface area contributed by atoms with E-state index in [0.29, 0.717) is 5.65 Å². The Morgan fingerprint density at radius 3 is 3.09 bits per heavy atom. The van der Waals surface area contributed by atoms with Crippen LogP contribution in [0.15, 0.2) is 17.7 Å². The van der Waals surface area contributed by atoms with E-state index >= 15 is 0 Å². The predicted octanol–water partition coefficient (Wildman–Crippen LogP) is 1.29. The fourth-order valence-corrected chi connectivity index (χ4v) is 1.56. The van der Waals surface area contributed by atoms with E-state index in [1.165, 1.54) is 17.1 Å². The Kier molecular flexibility index (Phi) is 1.71. The number of fused-ring (bicyclic) bond motifs is 1. The Hall–Kier alpha value is -0.750. The van der Waals surface area contributed by atoms with Crippen LogP contribution in [-0.2, 0) is 0 Å². The number of hydrogen-bond donors (Lipinski definition) is 2. The number of aromatic amines is 1. The highest BCUT2D eigenvalue weighted by Crippen LogP contribution is 2.23. The number of thiol groups is 1. The van der Waals surface area contributed by atoms with Gasteiger partial charge in [0.25, 0.3) is 0 Å². The van der Waals surface area contributed by atoms with Crippen LogP contribution in [0.5, 0.6) is 0 Å². The minimum Gasteiger partial charge on any atom is -0.341 e. The van der Waals surface area contributed by atoms with E-state index in [9.17, 15) is 0 Å². The molecule has 0 saturated heterocycles. The lowest BCUT2D eigenvalue weighted by molar-refractivity contribution is 1.09. The summed E-state index contributed by atoms with van der Waals surface area (Å²) in [5.74, 6) is 0. The number of rotatable bonds is 1. The Balaban J connectivity index is 2.79. The molecule has 56 valence electrons. The highest BCUT2D eigenvalue weighted by atomic mass is 33.1. The second-order valence-electron chi connectivity index (χ2n) is 1.87. The highest BCUT2D eigenvalue weighted by molar-refractivity contribution is 8.68. The third-order valence-corrected chi connectivity index (χ3v) is 2.28. The topological polar surface area (TPSA) is 54.5 Å². The molecule has 1 N–H and O–H groups in total. The van der Waals surface area contributed by atoms with Gasteiger partial charge in [0.05, 0.1) is 6.33 Å². The van der Waals surface area contributed by atoms with Crippen molar-refractivity contribution in [3.63, 3.8) is 0 Å². The zero-order chi connectivity index (χ0) is 7.68. The Bertz CT molecular complexity index is 371. The van der Waals surface area contributed by atoms with Crippen molar-refractivity contribution in [3.8, 4) is 0 Å². The van der Waals surface area contributed by atoms with E-state index in [2.05, 4.69) is 31.6 Å². The molecule has 0 fully saturated rings. The second kappa shape index (κ2) is 2.71. The average Bonchev–Trinajstić information content (AvgIpc) is 2.50. The molecule has 6 heteroatoms. The molecular formula is C5H4N4S2. The van der Waals surface area contributed by atoms with Gasteiger partial charge in [-0.05, 0) is 10.8 Å². The molecule has 0 aliphatic rings. The first-order chi connectivity index (χ1) is 5.42. The quantitative estimate of drug-likeness (QED) is 0.398. The fraction of sp³-hybridized carbons (Fsp3) is 0. The number of imidazole rings is 1. The number of H-pyrrole nitrogens is 1. The zero-order valence-electron chi connectivity index (χ0n) is 5.35. The lowest BCUT2D eigenvalue weighted by atomic mass is 10.6. The molecule has 0 unspecified atom stereocenters. The summed E-state index contributed by atoms with van der Waals surface area (Å²) >= 11 is 4.04. The van der Waals surface area contributed by atoms with E-state index in [1.54, 1.807) is 6.33 Å². The van der Waals surface area contributed by atoms with Gasteiger partial charge in [-0.1, -0.05) is 0 Å². The molecule has 0 spiro atoms. The molecule has 0 aliphatic heterocycles. The molecule has 2 aromatic heterocycles. The summed E-state index contributed by atoms with van der Waals surface area (Å²) < 4.78 is 0. The van der Waals surface area contributed by atoms with Gasteiger partial charge in [-0.2, -0.15) is 0 Å². The van der Waals surface area contributed by atoms with Gasteiger partial charge in [0.1, 0.15) is 16.9 Å². The molecule has 2 rings (SSSR count). The monoisotopic (exact) mass is 184 g/mol. The fourth-order valence-electron chi connectivity index (χ4n) is 0.812. The van der Waals surface area contributed by atoms with Crippen molar-refractivity contribution >= 4 is 33.6 Å². The molecule has 2 aromatic rings. The lowest BCUT2D eigenvalue weighted by Gasteiger charge is -1.92. The predicted molar refractivity (Wildman–Crippen MR) is 46.5 cm³/mol. The number of nitrogens with one attached hydrogen (secondary N) is 1. The molecule has 0 aromatic carbocycles. The van der Waals surface area contributed by atoms with Crippen molar-refractivity contribution in [3.05, 3.63) is 12.7 Å². The SMILES string of the molecule is SSc1ncnc2nc[nH]c12. The number of aromatic nitrogens is 4. The smallest absolute Gasteiger partial charge is 0.181 e. The van der Waals surface area contributed by atoms with Crippen LogP contribution in [-0.4, -0.2) is 19.9 Å². The molecule has 0 saturated carbocycles. The molecule has 0 radical (unpaired) electrons. The average molecular weight is 184 g/mol. The maximum Gasteiger partial charge on any atom is 0.181 e. The van der Waals surface area contributed by atoms with Gasteiger partial charge in [-0.15, -0.1) is 11.7 Å². The van der Waals surface area contributed by atoms with Crippen LogP contribution in [0.3, 0.4) is 0 Å². The van der Waals surface area contributed by atoms with Crippen LogP contribution in [0.4, 0.5) is 0 Å². The summed E-state index contributed by atoms with van der Waals surface area (Å²) in [5.41, 5.74) is 1.52. The molecule has 11 heavy (non-hydrogen) atoms. The standard InChI is InChI=1S/C5H4N4S2/c10-11-5-3-4(7-1-6-3)8-2-9-5/h1-2,10H,(H,6,7,8,9). The summed E-state index contributed by atoms with van der Waals surface area (Å²) in [5, 5.41) is 0.802. The molecular weight excluding hydrogens is 180 g/mol. The first kappa shape index (κ1) is 6.93. The Labute approximate surface area is 71.7 Å². The van der Waals surface area contributed by atoms with E-state index in [-0.39, 0.29) is 0 Å². The molecule has 0 aliphatic carbocycles. The summed E-state index contributed by atoms with van der Waals surface area (Å²) in [7, 11) is 1.27. The summed E-state index contributed by atoms with van der Waals surface area (Å²) in [6.45, 7) is 0. The van der Waals surface area contributed by atoms with Crippen LogP contribution < -0.4 is 0 Å². The van der Waals surface area contributed by atoms with Crippen molar-refractivity contribution in [1.29, 1.82) is 0 Å². The van der Waals surface area contributed by atoms with Crippen molar-refractivity contribution in [2.75, 3.05) is 0 Å². The minimum absolute atomic E-state index is 0.677. The van der Waals surface area contributed by atoms with Gasteiger partial charge in [-0.3, -0.25) is 0 Å². The lowest BCUT2D eigenvalue weighted by Crippen LogP contribution is -1.82. The van der Waals surface area contributed by atoms with Gasteiger partial charge in [0, 0.05) is 0 Å². The van der Waals surface area contributed by atoms with Crippen molar-refractivity contribution in [2.24, 2.45) is 0 Å². The first-order valence-electron chi connectivity index (χ1n) is 2.87. The Morgan fingerprint density at radius 2 is 2.27 bits per heavy atom. The molecule has 0 bridgehead atoms.